The first-order valence-electron chi connectivity index (χ1n) is 7.53. The van der Waals surface area contributed by atoms with Gasteiger partial charge in [0.2, 0.25) is 0 Å². The number of amides is 1. The molecule has 0 saturated heterocycles. The molecule has 3 rings (SSSR count). The Balaban J connectivity index is 1.73. The lowest BCUT2D eigenvalue weighted by Gasteiger charge is -2.08. The Bertz CT molecular complexity index is 943. The summed E-state index contributed by atoms with van der Waals surface area (Å²) in [5.74, 6) is -0.851. The number of anilines is 1. The number of nitrogens with one attached hydrogen (secondary N) is 2. The Labute approximate surface area is 142 Å². The molecule has 25 heavy (non-hydrogen) atoms. The van der Waals surface area contributed by atoms with Gasteiger partial charge < -0.3 is 15.4 Å². The van der Waals surface area contributed by atoms with Crippen molar-refractivity contribution in [1.29, 1.82) is 0 Å². The molecule has 0 fully saturated rings. The molecule has 0 unspecified atom stereocenters. The standard InChI is InChI=1S/C16H16N6O3/c1-10-6-11(2)21(20-10)9-12-4-3-5-13(7-12)17-16(23)14-8-15(19-18-14)22(24)25/h3-8H,9H2,1-2H3,(H,17,23)(H,18,19). The van der Waals surface area contributed by atoms with Gasteiger partial charge in [0, 0.05) is 11.4 Å². The van der Waals surface area contributed by atoms with Crippen molar-refractivity contribution in [3.63, 3.8) is 0 Å². The lowest BCUT2D eigenvalue weighted by Crippen LogP contribution is -2.13. The fourth-order valence-electron chi connectivity index (χ4n) is 2.47. The van der Waals surface area contributed by atoms with Gasteiger partial charge in [0.05, 0.1) is 18.3 Å². The molecular formula is C16H16N6O3. The molecule has 0 spiro atoms. The number of hydrogen-bond donors (Lipinski definition) is 2. The van der Waals surface area contributed by atoms with E-state index in [0.29, 0.717) is 12.2 Å². The zero-order valence-electron chi connectivity index (χ0n) is 13.7. The Hall–Kier alpha value is -3.49. The van der Waals surface area contributed by atoms with Crippen molar-refractivity contribution in [3.05, 3.63) is 69.2 Å². The van der Waals surface area contributed by atoms with Gasteiger partial charge in [-0.1, -0.05) is 17.2 Å². The number of aryl methyl sites for hydroxylation is 2. The first-order valence-corrected chi connectivity index (χ1v) is 7.53. The SMILES string of the molecule is Cc1cc(C)n(Cc2cccc(NC(=O)c3cc([N+](=O)[O-])[nH]n3)c2)n1. The van der Waals surface area contributed by atoms with E-state index in [1.54, 1.807) is 6.07 Å². The second kappa shape index (κ2) is 6.56. The molecule has 9 nitrogen and oxygen atoms in total. The van der Waals surface area contributed by atoms with E-state index in [0.717, 1.165) is 23.0 Å². The molecule has 3 aromatic rings. The summed E-state index contributed by atoms with van der Waals surface area (Å²) in [6.07, 6.45) is 0. The summed E-state index contributed by atoms with van der Waals surface area (Å²) in [6.45, 7) is 4.50. The Morgan fingerprint density at radius 2 is 2.12 bits per heavy atom. The average molecular weight is 340 g/mol. The summed E-state index contributed by atoms with van der Waals surface area (Å²) >= 11 is 0. The third-order valence-corrected chi connectivity index (χ3v) is 3.61. The van der Waals surface area contributed by atoms with E-state index in [1.807, 2.05) is 42.8 Å². The molecule has 2 heterocycles. The monoisotopic (exact) mass is 340 g/mol. The summed E-state index contributed by atoms with van der Waals surface area (Å²) in [4.78, 5) is 22.1. The van der Waals surface area contributed by atoms with Gasteiger partial charge in [-0.05, 0) is 42.5 Å². The summed E-state index contributed by atoms with van der Waals surface area (Å²) in [5, 5.41) is 23.6. The highest BCUT2D eigenvalue weighted by Gasteiger charge is 2.16. The number of H-pyrrole nitrogens is 1. The van der Waals surface area contributed by atoms with Gasteiger partial charge in [-0.3, -0.25) is 9.48 Å². The van der Waals surface area contributed by atoms with E-state index >= 15 is 0 Å². The van der Waals surface area contributed by atoms with Crippen LogP contribution >= 0.6 is 0 Å². The van der Waals surface area contributed by atoms with Gasteiger partial charge in [-0.15, -0.1) is 5.10 Å². The van der Waals surface area contributed by atoms with Crippen molar-refractivity contribution >= 4 is 17.4 Å². The van der Waals surface area contributed by atoms with Gasteiger partial charge in [0.25, 0.3) is 5.91 Å². The number of aromatic nitrogens is 4. The molecule has 1 aromatic carbocycles. The Morgan fingerprint density at radius 3 is 2.76 bits per heavy atom. The van der Waals surface area contributed by atoms with Gasteiger partial charge in [0.15, 0.2) is 5.69 Å². The van der Waals surface area contributed by atoms with Crippen LogP contribution in [0.3, 0.4) is 0 Å². The lowest BCUT2D eigenvalue weighted by atomic mass is 10.2. The minimum Gasteiger partial charge on any atom is -0.358 e. The number of carbonyl (C=O) groups excluding carboxylic acids is 1. The van der Waals surface area contributed by atoms with E-state index in [1.165, 1.54) is 0 Å². The van der Waals surface area contributed by atoms with Crippen LogP contribution < -0.4 is 5.32 Å². The smallest absolute Gasteiger partial charge is 0.343 e. The van der Waals surface area contributed by atoms with Crippen LogP contribution in [0.5, 0.6) is 0 Å². The van der Waals surface area contributed by atoms with Crippen LogP contribution in [0, 0.1) is 24.0 Å². The minimum absolute atomic E-state index is 0.0457. The van der Waals surface area contributed by atoms with Gasteiger partial charge in [-0.2, -0.15) is 5.10 Å². The van der Waals surface area contributed by atoms with Crippen LogP contribution in [-0.4, -0.2) is 30.8 Å². The van der Waals surface area contributed by atoms with Crippen LogP contribution in [0.25, 0.3) is 0 Å². The number of rotatable bonds is 5. The summed E-state index contributed by atoms with van der Waals surface area (Å²) in [6, 6.07) is 10.4. The normalized spacial score (nSPS) is 10.6. The lowest BCUT2D eigenvalue weighted by molar-refractivity contribution is -0.389. The van der Waals surface area contributed by atoms with E-state index in [-0.39, 0.29) is 11.5 Å². The van der Waals surface area contributed by atoms with Crippen LogP contribution in [0.4, 0.5) is 11.5 Å². The zero-order valence-corrected chi connectivity index (χ0v) is 13.7. The average Bonchev–Trinajstić information content (AvgIpc) is 3.15. The third kappa shape index (κ3) is 3.71. The second-order valence-corrected chi connectivity index (χ2v) is 5.63. The number of nitro groups is 1. The van der Waals surface area contributed by atoms with Crippen molar-refractivity contribution in [2.24, 2.45) is 0 Å². The molecular weight excluding hydrogens is 324 g/mol. The maximum absolute atomic E-state index is 12.1. The highest BCUT2D eigenvalue weighted by atomic mass is 16.6. The molecule has 0 aliphatic carbocycles. The fraction of sp³-hybridized carbons (Fsp3) is 0.188. The first kappa shape index (κ1) is 16.4. The predicted molar refractivity (Wildman–Crippen MR) is 90.4 cm³/mol. The molecule has 0 bridgehead atoms. The molecule has 0 saturated carbocycles. The first-order chi connectivity index (χ1) is 11.9. The van der Waals surface area contributed by atoms with Crippen molar-refractivity contribution in [2.45, 2.75) is 20.4 Å². The maximum atomic E-state index is 12.1. The second-order valence-electron chi connectivity index (χ2n) is 5.63. The Morgan fingerprint density at radius 1 is 1.32 bits per heavy atom. The van der Waals surface area contributed by atoms with E-state index < -0.39 is 10.8 Å². The topological polar surface area (TPSA) is 119 Å². The molecule has 0 aliphatic rings. The summed E-state index contributed by atoms with van der Waals surface area (Å²) < 4.78 is 1.88. The molecule has 0 aliphatic heterocycles. The van der Waals surface area contributed by atoms with Crippen LogP contribution in [0.1, 0.15) is 27.4 Å². The van der Waals surface area contributed by atoms with Crippen LogP contribution in [-0.2, 0) is 6.54 Å². The number of hydrogen-bond acceptors (Lipinski definition) is 5. The number of benzene rings is 1. The summed E-state index contributed by atoms with van der Waals surface area (Å²) in [7, 11) is 0. The fourth-order valence-corrected chi connectivity index (χ4v) is 2.47. The van der Waals surface area contributed by atoms with Gasteiger partial charge in [-0.25, -0.2) is 0 Å². The highest BCUT2D eigenvalue weighted by Crippen LogP contribution is 2.15. The van der Waals surface area contributed by atoms with E-state index in [4.69, 9.17) is 0 Å². The zero-order chi connectivity index (χ0) is 18.0. The van der Waals surface area contributed by atoms with Crippen molar-refractivity contribution in [2.75, 3.05) is 5.32 Å². The van der Waals surface area contributed by atoms with E-state index in [2.05, 4.69) is 20.6 Å². The number of nitrogens with zero attached hydrogens (tertiary/aromatic N) is 4. The number of carbonyl (C=O) groups is 1. The quantitative estimate of drug-likeness (QED) is 0.546. The predicted octanol–water partition coefficient (Wildman–Crippen LogP) is 2.43. The maximum Gasteiger partial charge on any atom is 0.343 e. The molecule has 0 radical (unpaired) electrons. The molecule has 0 atom stereocenters. The number of aromatic amines is 1. The van der Waals surface area contributed by atoms with E-state index in [9.17, 15) is 14.9 Å². The highest BCUT2D eigenvalue weighted by molar-refractivity contribution is 6.03. The molecule has 2 N–H and O–H groups in total. The molecule has 2 aromatic heterocycles. The molecule has 128 valence electrons. The van der Waals surface area contributed by atoms with Crippen LogP contribution in [0.15, 0.2) is 36.4 Å². The third-order valence-electron chi connectivity index (χ3n) is 3.61. The van der Waals surface area contributed by atoms with Crippen LogP contribution in [0.2, 0.25) is 0 Å². The van der Waals surface area contributed by atoms with Crippen molar-refractivity contribution < 1.29 is 9.72 Å². The van der Waals surface area contributed by atoms with Crippen molar-refractivity contribution in [3.8, 4) is 0 Å². The van der Waals surface area contributed by atoms with Gasteiger partial charge >= 0.3 is 5.82 Å². The largest absolute Gasteiger partial charge is 0.358 e. The Kier molecular flexibility index (Phi) is 4.29. The minimum atomic E-state index is -0.640. The van der Waals surface area contributed by atoms with Gasteiger partial charge in [0.1, 0.15) is 0 Å². The molecule has 1 amide bonds. The van der Waals surface area contributed by atoms with Crippen molar-refractivity contribution in [1.82, 2.24) is 20.0 Å². The molecule has 9 heteroatoms. The summed E-state index contributed by atoms with van der Waals surface area (Å²) in [5.41, 5.74) is 3.50.